The van der Waals surface area contributed by atoms with Gasteiger partial charge in [0.05, 0.1) is 16.0 Å². The number of allylic oxidation sites excluding steroid dienone is 1. The van der Waals surface area contributed by atoms with Gasteiger partial charge in [0.15, 0.2) is 0 Å². The summed E-state index contributed by atoms with van der Waals surface area (Å²) in [6.07, 6.45) is 6.81. The van der Waals surface area contributed by atoms with Crippen molar-refractivity contribution in [3.05, 3.63) is 94.5 Å². The lowest BCUT2D eigenvalue weighted by Crippen LogP contribution is -2.54. The van der Waals surface area contributed by atoms with Crippen molar-refractivity contribution in [2.75, 3.05) is 4.31 Å². The first-order valence-corrected chi connectivity index (χ1v) is 16.7. The molecule has 1 amide bonds. The van der Waals surface area contributed by atoms with Gasteiger partial charge in [-0.1, -0.05) is 59.6 Å². The number of aryl methyl sites for hydroxylation is 1. The van der Waals surface area contributed by atoms with Crippen LogP contribution in [0.4, 0.5) is 5.69 Å². The zero-order chi connectivity index (χ0) is 28.3. The van der Waals surface area contributed by atoms with Gasteiger partial charge in [-0.05, 0) is 123 Å². The predicted octanol–water partition coefficient (Wildman–Crippen LogP) is 8.15. The molecule has 0 N–H and O–H groups in total. The Bertz CT molecular complexity index is 1720. The van der Waals surface area contributed by atoms with E-state index < -0.39 is 15.4 Å². The van der Waals surface area contributed by atoms with Crippen LogP contribution in [0.3, 0.4) is 0 Å². The summed E-state index contributed by atoms with van der Waals surface area (Å²) in [7, 11) is -4.15. The van der Waals surface area contributed by atoms with Gasteiger partial charge in [-0.25, -0.2) is 12.7 Å². The van der Waals surface area contributed by atoms with E-state index >= 15 is 0 Å². The van der Waals surface area contributed by atoms with Crippen LogP contribution in [-0.4, -0.2) is 14.3 Å². The summed E-state index contributed by atoms with van der Waals surface area (Å²) in [6.45, 7) is 4.11. The van der Waals surface area contributed by atoms with E-state index in [0.29, 0.717) is 29.0 Å². The number of hydrogen-bond donors (Lipinski definition) is 0. The molecule has 1 spiro atoms. The van der Waals surface area contributed by atoms with Crippen molar-refractivity contribution in [2.24, 2.45) is 34.5 Å². The largest absolute Gasteiger partial charge is 0.272 e. The molecular formula is C35H34ClNO3S. The molecule has 210 valence electrons. The van der Waals surface area contributed by atoms with E-state index in [9.17, 15) is 13.2 Å². The summed E-state index contributed by atoms with van der Waals surface area (Å²) in [6, 6.07) is 22.4. The second kappa shape index (κ2) is 8.58. The van der Waals surface area contributed by atoms with Gasteiger partial charge < -0.3 is 0 Å². The van der Waals surface area contributed by atoms with Crippen molar-refractivity contribution >= 4 is 44.4 Å². The zero-order valence-electron chi connectivity index (χ0n) is 23.4. The molecule has 4 bridgehead atoms. The zero-order valence-corrected chi connectivity index (χ0v) is 25.0. The molecule has 0 radical (unpaired) electrons. The number of fused-ring (bicyclic) bond motifs is 3. The number of halogens is 1. The number of carbonyl (C=O) groups excluding carboxylic acids is 1. The molecule has 5 aliphatic carbocycles. The second-order valence-electron chi connectivity index (χ2n) is 13.5. The van der Waals surface area contributed by atoms with E-state index in [4.69, 9.17) is 11.6 Å². The average Bonchev–Trinajstić information content (AvgIpc) is 3.24. The fraction of sp³-hybridized carbons (Fsp3) is 0.400. The molecule has 41 heavy (non-hydrogen) atoms. The SMILES string of the molecule is Cc1ccc(C2=C3c4cc(Cl)ccc4N(S(=O)(=O)c4ccccc4)C(=O)C3(C)CC23C2CC4CC(C2)CC3C4)cc1. The Morgan fingerprint density at radius 2 is 1.46 bits per heavy atom. The van der Waals surface area contributed by atoms with Gasteiger partial charge in [0.2, 0.25) is 0 Å². The minimum atomic E-state index is -4.15. The minimum Gasteiger partial charge on any atom is -0.272 e. The molecule has 4 saturated carbocycles. The van der Waals surface area contributed by atoms with Crippen molar-refractivity contribution in [3.8, 4) is 0 Å². The molecule has 6 aliphatic rings. The highest BCUT2D eigenvalue weighted by atomic mass is 35.5. The number of carbonyl (C=O) groups is 1. The van der Waals surface area contributed by atoms with E-state index in [1.807, 2.05) is 13.0 Å². The normalized spacial score (nSPS) is 33.4. The van der Waals surface area contributed by atoms with Gasteiger partial charge in [-0.2, -0.15) is 0 Å². The number of benzene rings is 3. The smallest absolute Gasteiger partial charge is 0.270 e. The number of sulfonamides is 1. The molecule has 4 nitrogen and oxygen atoms in total. The van der Waals surface area contributed by atoms with Crippen LogP contribution in [0.5, 0.6) is 0 Å². The summed E-state index contributed by atoms with van der Waals surface area (Å²) < 4.78 is 29.6. The molecule has 0 saturated heterocycles. The predicted molar refractivity (Wildman–Crippen MR) is 163 cm³/mol. The second-order valence-corrected chi connectivity index (χ2v) is 15.7. The quantitative estimate of drug-likeness (QED) is 0.313. The minimum absolute atomic E-state index is 0.117. The lowest BCUT2D eigenvalue weighted by Gasteiger charge is -2.62. The summed E-state index contributed by atoms with van der Waals surface area (Å²) >= 11 is 6.66. The van der Waals surface area contributed by atoms with Gasteiger partial charge >= 0.3 is 0 Å². The highest BCUT2D eigenvalue weighted by Gasteiger charge is 2.68. The Balaban J connectivity index is 1.44. The van der Waals surface area contributed by atoms with Crippen LogP contribution in [-0.2, 0) is 14.8 Å². The van der Waals surface area contributed by atoms with Gasteiger partial charge in [0.25, 0.3) is 15.9 Å². The van der Waals surface area contributed by atoms with E-state index in [1.54, 1.807) is 42.5 Å². The Kier molecular flexibility index (Phi) is 5.40. The lowest BCUT2D eigenvalue weighted by molar-refractivity contribution is -0.128. The third kappa shape index (κ3) is 3.39. The number of rotatable bonds is 3. The Hall–Kier alpha value is -2.89. The van der Waals surface area contributed by atoms with Crippen LogP contribution in [0.1, 0.15) is 62.1 Å². The highest BCUT2D eigenvalue weighted by molar-refractivity contribution is 7.93. The van der Waals surface area contributed by atoms with Crippen LogP contribution in [0.15, 0.2) is 77.7 Å². The van der Waals surface area contributed by atoms with E-state index in [1.165, 1.54) is 48.8 Å². The van der Waals surface area contributed by atoms with Crippen molar-refractivity contribution in [1.29, 1.82) is 0 Å². The first-order valence-electron chi connectivity index (χ1n) is 14.9. The molecule has 3 aromatic carbocycles. The van der Waals surface area contributed by atoms with Crippen molar-refractivity contribution in [2.45, 2.75) is 57.3 Å². The molecule has 1 heterocycles. The van der Waals surface area contributed by atoms with E-state index in [0.717, 1.165) is 27.3 Å². The highest BCUT2D eigenvalue weighted by Crippen LogP contribution is 2.76. The third-order valence-corrected chi connectivity index (χ3v) is 13.2. The van der Waals surface area contributed by atoms with Gasteiger partial charge in [-0.15, -0.1) is 0 Å². The van der Waals surface area contributed by atoms with E-state index in [-0.39, 0.29) is 16.2 Å². The van der Waals surface area contributed by atoms with Crippen molar-refractivity contribution in [3.63, 3.8) is 0 Å². The Morgan fingerprint density at radius 1 is 0.829 bits per heavy atom. The summed E-state index contributed by atoms with van der Waals surface area (Å²) in [5.74, 6) is 2.20. The molecule has 1 aliphatic heterocycles. The number of amides is 1. The Labute approximate surface area is 247 Å². The standard InChI is InChI=1S/C35H34ClNO3S/c1-21-8-10-24(11-9-21)31-32-29-19-27(36)12-13-30(29)37(41(39,40)28-6-4-3-5-7-28)33(38)34(32,2)20-35(31)25-15-22-14-23(17-25)18-26(35)16-22/h3-13,19,22-23,25-26H,14-18,20H2,1-2H3. The number of hydrogen-bond acceptors (Lipinski definition) is 3. The molecule has 1 unspecified atom stereocenters. The number of nitrogens with zero attached hydrogens (tertiary/aromatic N) is 1. The van der Waals surface area contributed by atoms with Gasteiger partial charge in [0, 0.05) is 16.0 Å². The van der Waals surface area contributed by atoms with Crippen molar-refractivity contribution in [1.82, 2.24) is 0 Å². The maximum absolute atomic E-state index is 14.9. The lowest BCUT2D eigenvalue weighted by atomic mass is 9.42. The van der Waals surface area contributed by atoms with Crippen LogP contribution < -0.4 is 4.31 Å². The fourth-order valence-electron chi connectivity index (χ4n) is 9.90. The summed E-state index contributed by atoms with van der Waals surface area (Å²) in [5, 5.41) is 0.541. The topological polar surface area (TPSA) is 54.5 Å². The molecule has 0 aromatic heterocycles. The van der Waals surface area contributed by atoms with E-state index in [2.05, 4.69) is 31.2 Å². The number of anilines is 1. The maximum atomic E-state index is 14.9. The molecule has 4 fully saturated rings. The molecule has 3 aromatic rings. The molecule has 9 rings (SSSR count). The molecular weight excluding hydrogens is 550 g/mol. The van der Waals surface area contributed by atoms with Gasteiger partial charge in [0.1, 0.15) is 0 Å². The first-order chi connectivity index (χ1) is 19.6. The third-order valence-electron chi connectivity index (χ3n) is 11.2. The summed E-state index contributed by atoms with van der Waals surface area (Å²) in [5.41, 5.74) is 4.67. The molecule has 6 heteroatoms. The van der Waals surface area contributed by atoms with Crippen LogP contribution in [0, 0.1) is 41.4 Å². The maximum Gasteiger partial charge on any atom is 0.270 e. The summed E-state index contributed by atoms with van der Waals surface area (Å²) in [4.78, 5) is 15.0. The van der Waals surface area contributed by atoms with Crippen LogP contribution in [0.2, 0.25) is 5.02 Å². The Morgan fingerprint density at radius 3 is 2.10 bits per heavy atom. The van der Waals surface area contributed by atoms with Gasteiger partial charge in [-0.3, -0.25) is 4.79 Å². The van der Waals surface area contributed by atoms with Crippen LogP contribution in [0.25, 0.3) is 11.1 Å². The van der Waals surface area contributed by atoms with Crippen molar-refractivity contribution < 1.29 is 13.2 Å². The monoisotopic (exact) mass is 583 g/mol. The first kappa shape index (κ1) is 25.8. The molecule has 1 atom stereocenters. The van der Waals surface area contributed by atoms with Crippen LogP contribution >= 0.6 is 11.6 Å². The fourth-order valence-corrected chi connectivity index (χ4v) is 11.6. The average molecular weight is 584 g/mol.